The Bertz CT molecular complexity index is 848. The molecule has 0 saturated heterocycles. The number of nitrogens with zero attached hydrogens (tertiary/aromatic N) is 2. The zero-order valence-electron chi connectivity index (χ0n) is 14.0. The summed E-state index contributed by atoms with van der Waals surface area (Å²) in [6.45, 7) is -0.0548. The van der Waals surface area contributed by atoms with Gasteiger partial charge in [-0.1, -0.05) is 0 Å². The van der Waals surface area contributed by atoms with Gasteiger partial charge in [-0.25, -0.2) is 0 Å². The zero-order chi connectivity index (χ0) is 19.8. The van der Waals surface area contributed by atoms with E-state index in [-0.39, 0.29) is 30.8 Å². The van der Waals surface area contributed by atoms with Crippen LogP contribution in [-0.2, 0) is 20.9 Å². The predicted molar refractivity (Wildman–Crippen MR) is 93.9 cm³/mol. The number of benzene rings is 2. The summed E-state index contributed by atoms with van der Waals surface area (Å²) in [5.41, 5.74) is 0.810. The second kappa shape index (κ2) is 9.04. The standard InChI is InChI=1S/C17H15N3O7/c21-16(18-13-3-7-15(8-4-13)20(25)26)9-10-17(22)27-11-12-1-5-14(6-2-12)19(23)24/h1-8H,9-11H2,(H,18,21). The summed E-state index contributed by atoms with van der Waals surface area (Å²) < 4.78 is 5.01. The van der Waals surface area contributed by atoms with Crippen LogP contribution < -0.4 is 5.32 Å². The van der Waals surface area contributed by atoms with E-state index >= 15 is 0 Å². The summed E-state index contributed by atoms with van der Waals surface area (Å²) in [6, 6.07) is 10.9. The van der Waals surface area contributed by atoms with Gasteiger partial charge in [0.05, 0.1) is 16.3 Å². The summed E-state index contributed by atoms with van der Waals surface area (Å²) in [4.78, 5) is 43.5. The van der Waals surface area contributed by atoms with Crippen molar-refractivity contribution in [1.82, 2.24) is 0 Å². The maximum atomic E-state index is 11.8. The lowest BCUT2D eigenvalue weighted by molar-refractivity contribution is -0.385. The van der Waals surface area contributed by atoms with Gasteiger partial charge in [0.2, 0.25) is 5.91 Å². The van der Waals surface area contributed by atoms with Crippen molar-refractivity contribution in [2.75, 3.05) is 5.32 Å². The largest absolute Gasteiger partial charge is 0.461 e. The number of nitro groups is 2. The molecule has 2 aromatic carbocycles. The fourth-order valence-corrected chi connectivity index (χ4v) is 2.06. The normalized spacial score (nSPS) is 10.1. The fourth-order valence-electron chi connectivity index (χ4n) is 2.06. The zero-order valence-corrected chi connectivity index (χ0v) is 14.0. The summed E-state index contributed by atoms with van der Waals surface area (Å²) in [5.74, 6) is -1.02. The van der Waals surface area contributed by atoms with E-state index in [0.29, 0.717) is 11.3 Å². The monoisotopic (exact) mass is 373 g/mol. The van der Waals surface area contributed by atoms with Crippen molar-refractivity contribution in [3.05, 3.63) is 74.3 Å². The Morgan fingerprint density at radius 1 is 0.852 bits per heavy atom. The summed E-state index contributed by atoms with van der Waals surface area (Å²) in [5, 5.41) is 23.6. The van der Waals surface area contributed by atoms with Crippen LogP contribution in [0.5, 0.6) is 0 Å². The second-order valence-corrected chi connectivity index (χ2v) is 5.44. The van der Waals surface area contributed by atoms with E-state index in [2.05, 4.69) is 5.32 Å². The summed E-state index contributed by atoms with van der Waals surface area (Å²) in [6.07, 6.45) is -0.262. The number of carbonyl (C=O) groups excluding carboxylic acids is 2. The van der Waals surface area contributed by atoms with Crippen LogP contribution in [0.1, 0.15) is 18.4 Å². The first-order valence-electron chi connectivity index (χ1n) is 7.78. The SMILES string of the molecule is O=C(CCC(=O)OCc1ccc([N+](=O)[O-])cc1)Nc1ccc([N+](=O)[O-])cc1. The number of non-ortho nitro benzene ring substituents is 2. The molecule has 0 aliphatic carbocycles. The molecule has 0 unspecified atom stereocenters. The topological polar surface area (TPSA) is 142 Å². The van der Waals surface area contributed by atoms with Crippen LogP contribution in [0, 0.1) is 20.2 Å². The molecule has 140 valence electrons. The molecule has 0 bridgehead atoms. The van der Waals surface area contributed by atoms with Crippen molar-refractivity contribution in [2.45, 2.75) is 19.4 Å². The Balaban J connectivity index is 1.73. The molecule has 2 rings (SSSR count). The van der Waals surface area contributed by atoms with Crippen molar-refractivity contribution in [3.63, 3.8) is 0 Å². The van der Waals surface area contributed by atoms with Gasteiger partial charge in [-0.15, -0.1) is 0 Å². The minimum atomic E-state index is -0.591. The highest BCUT2D eigenvalue weighted by Crippen LogP contribution is 2.16. The number of amides is 1. The number of hydrogen-bond donors (Lipinski definition) is 1. The molecule has 0 spiro atoms. The van der Waals surface area contributed by atoms with Gasteiger partial charge in [-0.05, 0) is 29.8 Å². The van der Waals surface area contributed by atoms with Gasteiger partial charge in [0, 0.05) is 36.4 Å². The van der Waals surface area contributed by atoms with Crippen LogP contribution in [0.3, 0.4) is 0 Å². The average Bonchev–Trinajstić information content (AvgIpc) is 2.65. The van der Waals surface area contributed by atoms with E-state index in [1.807, 2.05) is 0 Å². The molecular formula is C17H15N3O7. The number of rotatable bonds is 8. The van der Waals surface area contributed by atoms with Crippen LogP contribution in [0.15, 0.2) is 48.5 Å². The van der Waals surface area contributed by atoms with Crippen LogP contribution >= 0.6 is 0 Å². The van der Waals surface area contributed by atoms with E-state index < -0.39 is 21.7 Å². The highest BCUT2D eigenvalue weighted by atomic mass is 16.6. The highest BCUT2D eigenvalue weighted by molar-refractivity contribution is 5.92. The van der Waals surface area contributed by atoms with Gasteiger partial charge < -0.3 is 10.1 Å². The Morgan fingerprint density at radius 2 is 1.37 bits per heavy atom. The summed E-state index contributed by atoms with van der Waals surface area (Å²) >= 11 is 0. The first-order chi connectivity index (χ1) is 12.8. The van der Waals surface area contributed by atoms with Crippen LogP contribution in [-0.4, -0.2) is 21.7 Å². The van der Waals surface area contributed by atoms with E-state index in [9.17, 15) is 29.8 Å². The van der Waals surface area contributed by atoms with E-state index in [1.54, 1.807) is 0 Å². The number of nitrogens with one attached hydrogen (secondary N) is 1. The maximum absolute atomic E-state index is 11.8. The lowest BCUT2D eigenvalue weighted by Crippen LogP contribution is -2.14. The third kappa shape index (κ3) is 6.20. The molecule has 0 aliphatic rings. The molecule has 0 radical (unpaired) electrons. The van der Waals surface area contributed by atoms with Crippen molar-refractivity contribution in [2.24, 2.45) is 0 Å². The summed E-state index contributed by atoms with van der Waals surface area (Å²) in [7, 11) is 0. The van der Waals surface area contributed by atoms with E-state index in [1.165, 1.54) is 48.5 Å². The van der Waals surface area contributed by atoms with Gasteiger partial charge in [0.1, 0.15) is 6.61 Å². The molecule has 1 amide bonds. The molecular weight excluding hydrogens is 358 g/mol. The van der Waals surface area contributed by atoms with Gasteiger partial charge in [0.15, 0.2) is 0 Å². The minimum absolute atomic E-state index is 0.0548. The highest BCUT2D eigenvalue weighted by Gasteiger charge is 2.11. The molecule has 0 aliphatic heterocycles. The second-order valence-electron chi connectivity index (χ2n) is 5.44. The first kappa shape index (κ1) is 19.5. The number of carbonyl (C=O) groups is 2. The van der Waals surface area contributed by atoms with Crippen molar-refractivity contribution >= 4 is 28.9 Å². The number of nitro benzene ring substituents is 2. The Morgan fingerprint density at radius 3 is 1.89 bits per heavy atom. The predicted octanol–water partition coefficient (Wildman–Crippen LogP) is 2.97. The smallest absolute Gasteiger partial charge is 0.306 e. The quantitative estimate of drug-likeness (QED) is 0.426. The van der Waals surface area contributed by atoms with E-state index in [0.717, 1.165) is 0 Å². The van der Waals surface area contributed by atoms with Crippen LogP contribution in [0.4, 0.5) is 17.1 Å². The molecule has 10 heteroatoms. The maximum Gasteiger partial charge on any atom is 0.306 e. The molecule has 0 heterocycles. The first-order valence-corrected chi connectivity index (χ1v) is 7.78. The molecule has 0 aromatic heterocycles. The number of hydrogen-bond acceptors (Lipinski definition) is 7. The van der Waals surface area contributed by atoms with Crippen molar-refractivity contribution in [1.29, 1.82) is 0 Å². The molecule has 2 aromatic rings. The number of esters is 1. The van der Waals surface area contributed by atoms with Crippen LogP contribution in [0.25, 0.3) is 0 Å². The van der Waals surface area contributed by atoms with Gasteiger partial charge in [-0.3, -0.25) is 29.8 Å². The number of ether oxygens (including phenoxy) is 1. The lowest BCUT2D eigenvalue weighted by Gasteiger charge is -2.06. The molecule has 0 fully saturated rings. The van der Waals surface area contributed by atoms with Crippen molar-refractivity contribution in [3.8, 4) is 0 Å². The van der Waals surface area contributed by atoms with Crippen molar-refractivity contribution < 1.29 is 24.2 Å². The Kier molecular flexibility index (Phi) is 6.53. The van der Waals surface area contributed by atoms with Gasteiger partial charge >= 0.3 is 5.97 Å². The number of anilines is 1. The average molecular weight is 373 g/mol. The minimum Gasteiger partial charge on any atom is -0.461 e. The fraction of sp³-hybridized carbons (Fsp3) is 0.176. The Hall–Kier alpha value is -3.82. The molecule has 0 saturated carbocycles. The molecule has 0 atom stereocenters. The third-order valence-electron chi connectivity index (χ3n) is 3.47. The van der Waals surface area contributed by atoms with E-state index in [4.69, 9.17) is 4.74 Å². The van der Waals surface area contributed by atoms with Gasteiger partial charge in [-0.2, -0.15) is 0 Å². The molecule has 10 nitrogen and oxygen atoms in total. The Labute approximate surface area is 153 Å². The van der Waals surface area contributed by atoms with Gasteiger partial charge in [0.25, 0.3) is 11.4 Å². The molecule has 1 N–H and O–H groups in total. The molecule has 27 heavy (non-hydrogen) atoms. The van der Waals surface area contributed by atoms with Crippen LogP contribution in [0.2, 0.25) is 0 Å². The third-order valence-corrected chi connectivity index (χ3v) is 3.47. The lowest BCUT2D eigenvalue weighted by atomic mass is 10.2.